The largest absolute Gasteiger partial charge is 0.311 e. The number of fused-ring (bicyclic) bond motifs is 11. The number of anilines is 9. The Labute approximate surface area is 539 Å². The SMILES string of the molecule is CC(C)(C)c1ccc(N(c2ccc(C(C)(C)C)cc2)c2ccc3c(c2)N(c2ccc(C(C)(C)C)cc2)c2cccc4c2B3c2cc(-n3c5ccc(C(C)(C)C)cc5c5cc(C(C)(C)C)ccc53)c3sc5ccccc5c3c2N4c2ccc(C(C)(C)C)cc2)cc1. The average Bonchev–Trinajstić information content (AvgIpc) is 1.13. The second-order valence-corrected chi connectivity index (χ2v) is 33.1. The predicted octanol–water partition coefficient (Wildman–Crippen LogP) is 22.5. The standard InChI is InChI=1S/C84H87BN4S/c1-79(2,3)52-26-36-58(37-27-52)86(59-38-28-53(29-39-59)80(4,5)6)62-44-45-66-72(50-62)87(60-40-30-54(31-41-60)81(7,8)9)70-23-21-24-71-76(70)85(66)67-51-73(89-68-46-34-56(83(13,14)15)48-64(68)65-49-57(84(16,17)18)35-47-69(65)89)78-75(63-22-19-20-25-74(63)90-78)77(67)88(71)61-42-32-55(33-43-61)82(10,11)12/h19-51H,1-18H3. The van der Waals surface area contributed by atoms with Crippen LogP contribution < -0.4 is 31.1 Å². The van der Waals surface area contributed by atoms with E-state index in [0.29, 0.717) is 0 Å². The molecule has 0 spiro atoms. The summed E-state index contributed by atoms with van der Waals surface area (Å²) in [5.74, 6) is 0. The summed E-state index contributed by atoms with van der Waals surface area (Å²) in [6.45, 7) is 41.6. The Morgan fingerprint density at radius 3 is 1.23 bits per heavy atom. The summed E-state index contributed by atoms with van der Waals surface area (Å²) < 4.78 is 5.19. The molecule has 2 aliphatic heterocycles. The van der Waals surface area contributed by atoms with Gasteiger partial charge in [0.2, 0.25) is 0 Å². The Balaban J connectivity index is 1.11. The van der Waals surface area contributed by atoms with Crippen molar-refractivity contribution in [3.8, 4) is 5.69 Å². The molecule has 0 bridgehead atoms. The molecule has 0 saturated carbocycles. The van der Waals surface area contributed by atoms with Gasteiger partial charge in [0.15, 0.2) is 0 Å². The minimum atomic E-state index is -0.161. The van der Waals surface area contributed by atoms with E-state index in [9.17, 15) is 0 Å². The normalized spacial score (nSPS) is 13.8. The molecule has 0 unspecified atom stereocenters. The number of rotatable bonds is 6. The van der Waals surface area contributed by atoms with Crippen molar-refractivity contribution in [3.05, 3.63) is 234 Å². The van der Waals surface area contributed by atoms with E-state index in [1.807, 2.05) is 11.3 Å². The van der Waals surface area contributed by atoms with Crippen LogP contribution in [0, 0.1) is 0 Å². The molecule has 0 fully saturated rings. The molecule has 4 nitrogen and oxygen atoms in total. The molecule has 10 aromatic carbocycles. The van der Waals surface area contributed by atoms with E-state index < -0.39 is 0 Å². The van der Waals surface area contributed by atoms with E-state index in [0.717, 1.165) is 28.4 Å². The first-order valence-corrected chi connectivity index (χ1v) is 33.4. The van der Waals surface area contributed by atoms with E-state index >= 15 is 0 Å². The molecule has 0 saturated heterocycles. The van der Waals surface area contributed by atoms with Crippen LogP contribution in [0.1, 0.15) is 158 Å². The van der Waals surface area contributed by atoms with Crippen LogP contribution >= 0.6 is 11.3 Å². The molecule has 0 N–H and O–H groups in total. The monoisotopic (exact) mass is 1190 g/mol. The highest BCUT2D eigenvalue weighted by Gasteiger charge is 2.45. The van der Waals surface area contributed by atoms with Crippen molar-refractivity contribution < 1.29 is 0 Å². The molecule has 4 heterocycles. The molecule has 0 radical (unpaired) electrons. The van der Waals surface area contributed by atoms with Crippen molar-refractivity contribution in [1.29, 1.82) is 0 Å². The highest BCUT2D eigenvalue weighted by atomic mass is 32.1. The van der Waals surface area contributed by atoms with E-state index in [-0.39, 0.29) is 39.2 Å². The van der Waals surface area contributed by atoms with Gasteiger partial charge in [0, 0.05) is 71.7 Å². The van der Waals surface area contributed by atoms with Crippen LogP contribution in [-0.2, 0) is 32.5 Å². The molecule has 14 rings (SSSR count). The molecule has 2 aromatic heterocycles. The molecule has 0 aliphatic carbocycles. The lowest BCUT2D eigenvalue weighted by molar-refractivity contribution is 0.590. The first kappa shape index (κ1) is 59.3. The molecular formula is C84H87BN4S. The van der Waals surface area contributed by atoms with Gasteiger partial charge in [-0.15, -0.1) is 11.3 Å². The Kier molecular flexibility index (Phi) is 13.6. The van der Waals surface area contributed by atoms with Crippen LogP contribution in [-0.4, -0.2) is 11.3 Å². The Hall–Kier alpha value is -8.32. The van der Waals surface area contributed by atoms with Gasteiger partial charge in [-0.25, -0.2) is 0 Å². The third-order valence-corrected chi connectivity index (χ3v) is 20.7. The first-order chi connectivity index (χ1) is 42.4. The molecule has 2 aliphatic rings. The van der Waals surface area contributed by atoms with Gasteiger partial charge in [0.05, 0.1) is 27.1 Å². The van der Waals surface area contributed by atoms with Crippen LogP contribution in [0.15, 0.2) is 200 Å². The molecule has 6 heteroatoms. The van der Waals surface area contributed by atoms with Gasteiger partial charge in [0.1, 0.15) is 0 Å². The molecule has 12 aromatic rings. The average molecular weight is 1200 g/mol. The Morgan fingerprint density at radius 2 is 0.756 bits per heavy atom. The van der Waals surface area contributed by atoms with Crippen molar-refractivity contribution in [2.24, 2.45) is 0 Å². The van der Waals surface area contributed by atoms with Gasteiger partial charge in [-0.2, -0.15) is 0 Å². The number of benzene rings is 10. The summed E-state index contributed by atoms with van der Waals surface area (Å²) in [7, 11) is 0. The fourth-order valence-electron chi connectivity index (χ4n) is 14.2. The predicted molar refractivity (Wildman–Crippen MR) is 395 cm³/mol. The maximum atomic E-state index is 2.64. The van der Waals surface area contributed by atoms with Crippen molar-refractivity contribution >= 4 is 128 Å². The first-order valence-electron chi connectivity index (χ1n) is 32.6. The summed E-state index contributed by atoms with van der Waals surface area (Å²) in [5.41, 5.74) is 25.7. The zero-order chi connectivity index (χ0) is 63.5. The van der Waals surface area contributed by atoms with Crippen molar-refractivity contribution in [2.75, 3.05) is 14.7 Å². The smallest absolute Gasteiger partial charge is 0.252 e. The molecule has 0 atom stereocenters. The van der Waals surface area contributed by atoms with Crippen LogP contribution in [0.4, 0.5) is 51.2 Å². The minimum Gasteiger partial charge on any atom is -0.311 e. The second-order valence-electron chi connectivity index (χ2n) is 32.0. The maximum Gasteiger partial charge on any atom is 0.252 e. The van der Waals surface area contributed by atoms with Gasteiger partial charge in [0.25, 0.3) is 6.71 Å². The Bertz CT molecular complexity index is 4680. The molecule has 452 valence electrons. The summed E-state index contributed by atoms with van der Waals surface area (Å²) in [4.78, 5) is 7.70. The van der Waals surface area contributed by atoms with Gasteiger partial charge in [-0.1, -0.05) is 216 Å². The number of hydrogen-bond donors (Lipinski definition) is 0. The number of thiophene rings is 1. The lowest BCUT2D eigenvalue weighted by Crippen LogP contribution is -2.61. The third-order valence-electron chi connectivity index (χ3n) is 19.5. The quantitative estimate of drug-likeness (QED) is 0.154. The van der Waals surface area contributed by atoms with E-state index in [1.165, 1.54) is 120 Å². The second kappa shape index (κ2) is 20.6. The van der Waals surface area contributed by atoms with Crippen LogP contribution in [0.5, 0.6) is 0 Å². The van der Waals surface area contributed by atoms with Gasteiger partial charge >= 0.3 is 0 Å². The lowest BCUT2D eigenvalue weighted by Gasteiger charge is -2.45. The van der Waals surface area contributed by atoms with Crippen LogP contribution in [0.3, 0.4) is 0 Å². The fraction of sp³-hybridized carbons (Fsp3) is 0.286. The highest BCUT2D eigenvalue weighted by molar-refractivity contribution is 7.26. The van der Waals surface area contributed by atoms with E-state index in [1.54, 1.807) is 0 Å². The van der Waals surface area contributed by atoms with E-state index in [4.69, 9.17) is 0 Å². The highest BCUT2D eigenvalue weighted by Crippen LogP contribution is 2.53. The topological polar surface area (TPSA) is 14.7 Å². The van der Waals surface area contributed by atoms with Gasteiger partial charge in [-0.3, -0.25) is 0 Å². The zero-order valence-corrected chi connectivity index (χ0v) is 57.1. The van der Waals surface area contributed by atoms with Crippen molar-refractivity contribution in [3.63, 3.8) is 0 Å². The summed E-state index contributed by atoms with van der Waals surface area (Å²) in [6.07, 6.45) is 0. The summed E-state index contributed by atoms with van der Waals surface area (Å²) >= 11 is 1.93. The number of nitrogens with zero attached hydrogens (tertiary/aromatic N) is 4. The summed E-state index contributed by atoms with van der Waals surface area (Å²) in [5, 5.41) is 5.14. The van der Waals surface area contributed by atoms with Crippen molar-refractivity contribution in [2.45, 2.75) is 157 Å². The van der Waals surface area contributed by atoms with Gasteiger partial charge in [-0.05, 0) is 191 Å². The van der Waals surface area contributed by atoms with Gasteiger partial charge < -0.3 is 19.3 Å². The fourth-order valence-corrected chi connectivity index (χ4v) is 15.4. The lowest BCUT2D eigenvalue weighted by atomic mass is 9.33. The molecule has 0 amide bonds. The minimum absolute atomic E-state index is 0.00837. The van der Waals surface area contributed by atoms with Crippen molar-refractivity contribution in [1.82, 2.24) is 4.57 Å². The molecular weight excluding hydrogens is 1110 g/mol. The number of hydrogen-bond acceptors (Lipinski definition) is 4. The Morgan fingerprint density at radius 1 is 0.333 bits per heavy atom. The maximum absolute atomic E-state index is 2.64. The van der Waals surface area contributed by atoms with Crippen LogP contribution in [0.25, 0.3) is 47.7 Å². The third kappa shape index (κ3) is 9.86. The number of aromatic nitrogens is 1. The molecule has 90 heavy (non-hydrogen) atoms. The summed E-state index contributed by atoms with van der Waals surface area (Å²) in [6, 6.07) is 78.4. The van der Waals surface area contributed by atoms with Crippen LogP contribution in [0.2, 0.25) is 0 Å². The zero-order valence-electron chi connectivity index (χ0n) is 56.3. The van der Waals surface area contributed by atoms with E-state index in [2.05, 4.69) is 344 Å².